The number of methoxy groups -OCH3 is 2. The molecule has 0 saturated carbocycles. The highest BCUT2D eigenvalue weighted by molar-refractivity contribution is 6.04. The van der Waals surface area contributed by atoms with Crippen molar-refractivity contribution in [1.82, 2.24) is 9.78 Å². The van der Waals surface area contributed by atoms with E-state index in [1.165, 1.54) is 16.8 Å². The van der Waals surface area contributed by atoms with E-state index in [2.05, 4.69) is 15.7 Å². The third-order valence-electron chi connectivity index (χ3n) is 5.24. The average molecular weight is 438 g/mol. The molecule has 2 N–H and O–H groups in total. The molecule has 0 radical (unpaired) electrons. The molecule has 1 aliphatic rings. The number of anilines is 2. The number of rotatable bonds is 7. The minimum atomic E-state index is -0.867. The predicted molar refractivity (Wildman–Crippen MR) is 117 cm³/mol. The van der Waals surface area contributed by atoms with Crippen molar-refractivity contribution in [3.05, 3.63) is 59.5 Å². The zero-order valence-corrected chi connectivity index (χ0v) is 17.9. The van der Waals surface area contributed by atoms with E-state index < -0.39 is 17.8 Å². The molecule has 1 atom stereocenters. The van der Waals surface area contributed by atoms with Gasteiger partial charge in [-0.2, -0.15) is 5.10 Å². The summed E-state index contributed by atoms with van der Waals surface area (Å²) in [7, 11) is 3.13. The zero-order chi connectivity index (χ0) is 22.8. The van der Waals surface area contributed by atoms with Crippen LogP contribution >= 0.6 is 0 Å². The molecule has 0 fully saturated rings. The van der Waals surface area contributed by atoms with E-state index in [1.807, 2.05) is 24.3 Å². The lowest BCUT2D eigenvalue weighted by Crippen LogP contribution is -2.24. The SMILES string of the molecule is COCc1nn2c(c1-c1cccc(OC)c1)NC(=O)C2CC(=O)Nc1ccc(C)cc1F. The molecule has 9 heteroatoms. The van der Waals surface area contributed by atoms with Gasteiger partial charge in [0.25, 0.3) is 5.91 Å². The number of aryl methyl sites for hydroxylation is 1. The Morgan fingerprint density at radius 2 is 2.06 bits per heavy atom. The van der Waals surface area contributed by atoms with Gasteiger partial charge in [0.15, 0.2) is 0 Å². The fraction of sp³-hybridized carbons (Fsp3) is 0.261. The van der Waals surface area contributed by atoms with Gasteiger partial charge in [-0.3, -0.25) is 9.59 Å². The first-order chi connectivity index (χ1) is 15.4. The van der Waals surface area contributed by atoms with Gasteiger partial charge < -0.3 is 20.1 Å². The maximum absolute atomic E-state index is 14.1. The Balaban J connectivity index is 1.63. The summed E-state index contributed by atoms with van der Waals surface area (Å²) in [6.45, 7) is 1.98. The van der Waals surface area contributed by atoms with Crippen molar-refractivity contribution < 1.29 is 23.5 Å². The normalized spacial score (nSPS) is 14.8. The molecule has 0 spiro atoms. The lowest BCUT2D eigenvalue weighted by Gasteiger charge is -2.11. The van der Waals surface area contributed by atoms with E-state index in [4.69, 9.17) is 9.47 Å². The molecule has 1 unspecified atom stereocenters. The second kappa shape index (κ2) is 8.80. The Kier molecular flexibility index (Phi) is 5.91. The maximum atomic E-state index is 14.1. The van der Waals surface area contributed by atoms with Gasteiger partial charge in [0.05, 0.1) is 37.1 Å². The van der Waals surface area contributed by atoms with Crippen molar-refractivity contribution in [2.24, 2.45) is 0 Å². The van der Waals surface area contributed by atoms with E-state index >= 15 is 0 Å². The van der Waals surface area contributed by atoms with Crippen molar-refractivity contribution in [3.8, 4) is 16.9 Å². The van der Waals surface area contributed by atoms with Crippen LogP contribution in [0.5, 0.6) is 5.75 Å². The molecule has 0 saturated heterocycles. The van der Waals surface area contributed by atoms with Gasteiger partial charge in [-0.15, -0.1) is 0 Å². The summed E-state index contributed by atoms with van der Waals surface area (Å²) >= 11 is 0. The highest BCUT2D eigenvalue weighted by Gasteiger charge is 2.37. The van der Waals surface area contributed by atoms with Gasteiger partial charge in [0.2, 0.25) is 5.91 Å². The standard InChI is InChI=1S/C23H23FN4O4/c1-13-7-8-17(16(24)9-13)25-20(29)11-19-23(30)26-22-21(18(12-31-2)27-28(19)22)14-5-4-6-15(10-14)32-3/h4-10,19H,11-12H2,1-3H3,(H,25,29)(H,26,30). The van der Waals surface area contributed by atoms with E-state index in [1.54, 1.807) is 27.2 Å². The first kappa shape index (κ1) is 21.5. The van der Waals surface area contributed by atoms with Crippen LogP contribution in [0.1, 0.15) is 23.7 Å². The number of nitrogens with zero attached hydrogens (tertiary/aromatic N) is 2. The highest BCUT2D eigenvalue weighted by Crippen LogP contribution is 2.39. The summed E-state index contributed by atoms with van der Waals surface area (Å²) in [5.41, 5.74) is 2.92. The summed E-state index contributed by atoms with van der Waals surface area (Å²) < 4.78 is 26.2. The zero-order valence-electron chi connectivity index (χ0n) is 17.9. The van der Waals surface area contributed by atoms with Crippen LogP contribution in [-0.2, 0) is 20.9 Å². The van der Waals surface area contributed by atoms with Gasteiger partial charge in [-0.25, -0.2) is 9.07 Å². The van der Waals surface area contributed by atoms with Crippen molar-refractivity contribution >= 4 is 23.3 Å². The van der Waals surface area contributed by atoms with Crippen LogP contribution in [-0.4, -0.2) is 35.8 Å². The van der Waals surface area contributed by atoms with Gasteiger partial charge >= 0.3 is 0 Å². The molecule has 32 heavy (non-hydrogen) atoms. The summed E-state index contributed by atoms with van der Waals surface area (Å²) in [5.74, 6) is -0.245. The van der Waals surface area contributed by atoms with Crippen LogP contribution < -0.4 is 15.4 Å². The fourth-order valence-corrected chi connectivity index (χ4v) is 3.73. The minimum absolute atomic E-state index is 0.0665. The molecule has 0 aliphatic carbocycles. The van der Waals surface area contributed by atoms with E-state index in [0.717, 1.165) is 11.1 Å². The number of ether oxygens (including phenoxy) is 2. The number of carbonyl (C=O) groups excluding carboxylic acids is 2. The molecule has 2 amide bonds. The molecule has 3 aromatic rings. The van der Waals surface area contributed by atoms with Gasteiger partial charge in [0, 0.05) is 7.11 Å². The number of halogens is 1. The van der Waals surface area contributed by atoms with Gasteiger partial charge in [0.1, 0.15) is 23.4 Å². The highest BCUT2D eigenvalue weighted by atomic mass is 19.1. The van der Waals surface area contributed by atoms with E-state index in [0.29, 0.717) is 22.8 Å². The predicted octanol–water partition coefficient (Wildman–Crippen LogP) is 3.67. The first-order valence-electron chi connectivity index (χ1n) is 10.0. The third kappa shape index (κ3) is 4.06. The quantitative estimate of drug-likeness (QED) is 0.587. The molecule has 2 heterocycles. The fourth-order valence-electron chi connectivity index (χ4n) is 3.73. The van der Waals surface area contributed by atoms with Crippen molar-refractivity contribution in [3.63, 3.8) is 0 Å². The Hall–Kier alpha value is -3.72. The topological polar surface area (TPSA) is 94.5 Å². The first-order valence-corrected chi connectivity index (χ1v) is 10.0. The van der Waals surface area contributed by atoms with Crippen LogP contribution in [0.2, 0.25) is 0 Å². The largest absolute Gasteiger partial charge is 0.497 e. The molecule has 0 bridgehead atoms. The number of fused-ring (bicyclic) bond motifs is 1. The lowest BCUT2D eigenvalue weighted by molar-refractivity contribution is -0.123. The molecule has 1 aliphatic heterocycles. The molecular formula is C23H23FN4O4. The average Bonchev–Trinajstić information content (AvgIpc) is 3.25. The van der Waals surface area contributed by atoms with E-state index in [9.17, 15) is 14.0 Å². The Morgan fingerprint density at radius 1 is 1.25 bits per heavy atom. The third-order valence-corrected chi connectivity index (χ3v) is 5.24. The Morgan fingerprint density at radius 3 is 2.78 bits per heavy atom. The van der Waals surface area contributed by atoms with Gasteiger partial charge in [-0.1, -0.05) is 18.2 Å². The van der Waals surface area contributed by atoms with E-state index in [-0.39, 0.29) is 24.6 Å². The Bertz CT molecular complexity index is 1190. The molecule has 2 aromatic carbocycles. The minimum Gasteiger partial charge on any atom is -0.497 e. The summed E-state index contributed by atoms with van der Waals surface area (Å²) in [5, 5.41) is 9.91. The van der Waals surface area contributed by atoms with Crippen molar-refractivity contribution in [2.75, 3.05) is 24.9 Å². The summed E-state index contributed by atoms with van der Waals surface area (Å²) in [4.78, 5) is 25.3. The number of nitrogens with one attached hydrogen (secondary N) is 2. The smallest absolute Gasteiger partial charge is 0.251 e. The molecule has 1 aromatic heterocycles. The van der Waals surface area contributed by atoms with Crippen LogP contribution in [0.3, 0.4) is 0 Å². The second-order valence-corrected chi connectivity index (χ2v) is 7.52. The molecular weight excluding hydrogens is 415 g/mol. The van der Waals surface area contributed by atoms with Crippen molar-refractivity contribution in [1.29, 1.82) is 0 Å². The number of aromatic nitrogens is 2. The molecule has 8 nitrogen and oxygen atoms in total. The molecule has 4 rings (SSSR count). The summed E-state index contributed by atoms with van der Waals surface area (Å²) in [6, 6.07) is 11.0. The van der Waals surface area contributed by atoms with Crippen molar-refractivity contribution in [2.45, 2.75) is 26.0 Å². The summed E-state index contributed by atoms with van der Waals surface area (Å²) in [6.07, 6.45) is -0.197. The number of carbonyl (C=O) groups is 2. The van der Waals surface area contributed by atoms with Crippen LogP contribution in [0.4, 0.5) is 15.9 Å². The molecule has 166 valence electrons. The Labute approximate surface area is 184 Å². The lowest BCUT2D eigenvalue weighted by atomic mass is 10.1. The second-order valence-electron chi connectivity index (χ2n) is 7.52. The number of hydrogen-bond acceptors (Lipinski definition) is 5. The number of amides is 2. The van der Waals surface area contributed by atoms with Crippen LogP contribution in [0.15, 0.2) is 42.5 Å². The monoisotopic (exact) mass is 438 g/mol. The van der Waals surface area contributed by atoms with Crippen LogP contribution in [0.25, 0.3) is 11.1 Å². The number of hydrogen-bond donors (Lipinski definition) is 2. The van der Waals surface area contributed by atoms with Gasteiger partial charge in [-0.05, 0) is 42.3 Å². The number of benzene rings is 2. The maximum Gasteiger partial charge on any atom is 0.251 e. The van der Waals surface area contributed by atoms with Crippen LogP contribution in [0, 0.1) is 12.7 Å².